The maximum atomic E-state index is 11.7. The van der Waals surface area contributed by atoms with Crippen LogP contribution >= 0.6 is 11.6 Å². The van der Waals surface area contributed by atoms with Gasteiger partial charge in [-0.3, -0.25) is 4.79 Å². The Morgan fingerprint density at radius 1 is 0.955 bits per heavy atom. The summed E-state index contributed by atoms with van der Waals surface area (Å²) in [7, 11) is 0. The van der Waals surface area contributed by atoms with Gasteiger partial charge in [-0.1, -0.05) is 54.1 Å². The van der Waals surface area contributed by atoms with Gasteiger partial charge in [0.05, 0.1) is 10.7 Å². The van der Waals surface area contributed by atoms with E-state index in [2.05, 4.69) is 22.8 Å². The van der Waals surface area contributed by atoms with Crippen LogP contribution in [0.5, 0.6) is 0 Å². The third-order valence-corrected chi connectivity index (χ3v) is 3.68. The molecular formula is C18H21ClN2O. The van der Waals surface area contributed by atoms with E-state index in [9.17, 15) is 4.79 Å². The zero-order chi connectivity index (χ0) is 15.6. The van der Waals surface area contributed by atoms with Crippen molar-refractivity contribution in [3.63, 3.8) is 0 Å². The first-order valence-electron chi connectivity index (χ1n) is 7.55. The van der Waals surface area contributed by atoms with Gasteiger partial charge < -0.3 is 10.6 Å². The Morgan fingerprint density at radius 2 is 1.68 bits per heavy atom. The first-order chi connectivity index (χ1) is 10.8. The second-order valence-electron chi connectivity index (χ2n) is 5.10. The SMILES string of the molecule is O=C(CCNc1ccccc1Cl)NCCCc1ccccc1. The van der Waals surface area contributed by atoms with Crippen LogP contribution in [0.3, 0.4) is 0 Å². The number of rotatable bonds is 8. The van der Waals surface area contributed by atoms with Crippen LogP contribution < -0.4 is 10.6 Å². The topological polar surface area (TPSA) is 41.1 Å². The summed E-state index contributed by atoms with van der Waals surface area (Å²) in [4.78, 5) is 11.7. The summed E-state index contributed by atoms with van der Waals surface area (Å²) in [5, 5.41) is 6.78. The number of carbonyl (C=O) groups is 1. The molecule has 0 saturated carbocycles. The van der Waals surface area contributed by atoms with Crippen LogP contribution in [0.25, 0.3) is 0 Å². The lowest BCUT2D eigenvalue weighted by atomic mass is 10.1. The van der Waals surface area contributed by atoms with Crippen molar-refractivity contribution in [3.05, 3.63) is 65.2 Å². The molecule has 22 heavy (non-hydrogen) atoms. The number of benzene rings is 2. The fourth-order valence-electron chi connectivity index (χ4n) is 2.17. The second-order valence-corrected chi connectivity index (χ2v) is 5.50. The standard InChI is InChI=1S/C18H21ClN2O/c19-16-10-4-5-11-17(16)20-14-12-18(22)21-13-6-9-15-7-2-1-3-8-15/h1-5,7-8,10-11,20H,6,9,12-14H2,(H,21,22). The van der Waals surface area contributed by atoms with Gasteiger partial charge in [-0.2, -0.15) is 0 Å². The molecule has 0 saturated heterocycles. The Labute approximate surface area is 136 Å². The number of amides is 1. The van der Waals surface area contributed by atoms with Crippen LogP contribution in [-0.4, -0.2) is 19.0 Å². The van der Waals surface area contributed by atoms with E-state index >= 15 is 0 Å². The van der Waals surface area contributed by atoms with Crippen molar-refractivity contribution in [1.82, 2.24) is 5.32 Å². The van der Waals surface area contributed by atoms with Crippen LogP contribution in [0.15, 0.2) is 54.6 Å². The smallest absolute Gasteiger partial charge is 0.221 e. The summed E-state index contributed by atoms with van der Waals surface area (Å²) in [6, 6.07) is 17.8. The van der Waals surface area contributed by atoms with Gasteiger partial charge in [-0.05, 0) is 30.5 Å². The minimum absolute atomic E-state index is 0.0626. The van der Waals surface area contributed by atoms with Gasteiger partial charge in [0.2, 0.25) is 5.91 Å². The molecule has 0 aliphatic rings. The molecule has 0 aromatic heterocycles. The number of nitrogens with one attached hydrogen (secondary N) is 2. The third kappa shape index (κ3) is 5.78. The lowest BCUT2D eigenvalue weighted by molar-refractivity contribution is -0.120. The average molecular weight is 317 g/mol. The number of halogens is 1. The molecule has 3 nitrogen and oxygen atoms in total. The molecule has 4 heteroatoms. The molecular weight excluding hydrogens is 296 g/mol. The summed E-state index contributed by atoms with van der Waals surface area (Å²) in [6.07, 6.45) is 2.38. The number of hydrogen-bond donors (Lipinski definition) is 2. The van der Waals surface area contributed by atoms with Gasteiger partial charge in [0, 0.05) is 19.5 Å². The minimum atomic E-state index is 0.0626. The molecule has 2 N–H and O–H groups in total. The highest BCUT2D eigenvalue weighted by atomic mass is 35.5. The predicted molar refractivity (Wildman–Crippen MR) is 92.3 cm³/mol. The third-order valence-electron chi connectivity index (χ3n) is 3.35. The van der Waals surface area contributed by atoms with E-state index in [1.807, 2.05) is 42.5 Å². The molecule has 0 heterocycles. The van der Waals surface area contributed by atoms with Gasteiger partial charge in [0.25, 0.3) is 0 Å². The number of anilines is 1. The van der Waals surface area contributed by atoms with Crippen molar-refractivity contribution in [2.45, 2.75) is 19.3 Å². The van der Waals surface area contributed by atoms with Gasteiger partial charge in [-0.25, -0.2) is 0 Å². The van der Waals surface area contributed by atoms with Gasteiger partial charge in [0.15, 0.2) is 0 Å². The molecule has 2 aromatic carbocycles. The Balaban J connectivity index is 1.57. The first kappa shape index (κ1) is 16.4. The Kier molecular flexibility index (Phi) is 6.78. The molecule has 0 aliphatic heterocycles. The number of para-hydroxylation sites is 1. The highest BCUT2D eigenvalue weighted by Gasteiger charge is 2.02. The zero-order valence-electron chi connectivity index (χ0n) is 12.5. The van der Waals surface area contributed by atoms with Crippen molar-refractivity contribution < 1.29 is 4.79 Å². The average Bonchev–Trinajstić information content (AvgIpc) is 2.54. The Morgan fingerprint density at radius 3 is 2.45 bits per heavy atom. The van der Waals surface area contributed by atoms with Gasteiger partial charge in [0.1, 0.15) is 0 Å². The highest BCUT2D eigenvalue weighted by Crippen LogP contribution is 2.19. The van der Waals surface area contributed by atoms with Crippen LogP contribution in [0.2, 0.25) is 5.02 Å². The quantitative estimate of drug-likeness (QED) is 0.725. The molecule has 116 valence electrons. The summed E-state index contributed by atoms with van der Waals surface area (Å²) in [6.45, 7) is 1.29. The number of carbonyl (C=O) groups excluding carboxylic acids is 1. The van der Waals surface area contributed by atoms with Crippen molar-refractivity contribution in [3.8, 4) is 0 Å². The van der Waals surface area contributed by atoms with E-state index < -0.39 is 0 Å². The molecule has 2 aromatic rings. The van der Waals surface area contributed by atoms with Crippen LogP contribution in [-0.2, 0) is 11.2 Å². The molecule has 0 spiro atoms. The minimum Gasteiger partial charge on any atom is -0.383 e. The van der Waals surface area contributed by atoms with Crippen molar-refractivity contribution in [2.75, 3.05) is 18.4 Å². The van der Waals surface area contributed by atoms with Crippen LogP contribution in [0.1, 0.15) is 18.4 Å². The lowest BCUT2D eigenvalue weighted by Crippen LogP contribution is -2.26. The maximum absolute atomic E-state index is 11.7. The van der Waals surface area contributed by atoms with E-state index in [0.717, 1.165) is 18.5 Å². The predicted octanol–water partition coefficient (Wildman–Crippen LogP) is 3.89. The summed E-state index contributed by atoms with van der Waals surface area (Å²) in [5.74, 6) is 0.0626. The van der Waals surface area contributed by atoms with E-state index in [4.69, 9.17) is 11.6 Å². The van der Waals surface area contributed by atoms with Crippen LogP contribution in [0, 0.1) is 0 Å². The van der Waals surface area contributed by atoms with Crippen molar-refractivity contribution in [1.29, 1.82) is 0 Å². The molecule has 2 rings (SSSR count). The van der Waals surface area contributed by atoms with E-state index in [1.54, 1.807) is 0 Å². The normalized spacial score (nSPS) is 10.2. The molecule has 0 unspecified atom stereocenters. The monoisotopic (exact) mass is 316 g/mol. The molecule has 1 amide bonds. The summed E-state index contributed by atoms with van der Waals surface area (Å²) in [5.41, 5.74) is 2.16. The van der Waals surface area contributed by atoms with Crippen molar-refractivity contribution >= 4 is 23.2 Å². The molecule has 0 atom stereocenters. The van der Waals surface area contributed by atoms with Crippen LogP contribution in [0.4, 0.5) is 5.69 Å². The first-order valence-corrected chi connectivity index (χ1v) is 7.92. The highest BCUT2D eigenvalue weighted by molar-refractivity contribution is 6.33. The molecule has 0 fully saturated rings. The fourth-order valence-corrected chi connectivity index (χ4v) is 2.37. The molecule has 0 bridgehead atoms. The fraction of sp³-hybridized carbons (Fsp3) is 0.278. The number of hydrogen-bond acceptors (Lipinski definition) is 2. The Bertz CT molecular complexity index is 587. The van der Waals surface area contributed by atoms with E-state index in [-0.39, 0.29) is 5.91 Å². The van der Waals surface area contributed by atoms with E-state index in [0.29, 0.717) is 24.5 Å². The molecule has 0 aliphatic carbocycles. The zero-order valence-corrected chi connectivity index (χ0v) is 13.3. The number of aryl methyl sites for hydroxylation is 1. The maximum Gasteiger partial charge on any atom is 0.221 e. The summed E-state index contributed by atoms with van der Waals surface area (Å²) < 4.78 is 0. The summed E-state index contributed by atoms with van der Waals surface area (Å²) >= 11 is 6.04. The largest absolute Gasteiger partial charge is 0.383 e. The second kappa shape index (κ2) is 9.11. The van der Waals surface area contributed by atoms with E-state index in [1.165, 1.54) is 5.56 Å². The Hall–Kier alpha value is -2.00. The lowest BCUT2D eigenvalue weighted by Gasteiger charge is -2.08. The van der Waals surface area contributed by atoms with Gasteiger partial charge >= 0.3 is 0 Å². The van der Waals surface area contributed by atoms with Gasteiger partial charge in [-0.15, -0.1) is 0 Å². The molecule has 0 radical (unpaired) electrons. The van der Waals surface area contributed by atoms with Crippen molar-refractivity contribution in [2.24, 2.45) is 0 Å².